The zero-order chi connectivity index (χ0) is 14.5. The third kappa shape index (κ3) is 3.25. The molecule has 3 aromatic rings. The van der Waals surface area contributed by atoms with Crippen LogP contribution in [0.15, 0.2) is 48.5 Å². The van der Waals surface area contributed by atoms with Crippen LogP contribution in [0.2, 0.25) is 0 Å². The van der Waals surface area contributed by atoms with Crippen molar-refractivity contribution < 1.29 is 4.74 Å². The molecule has 0 bridgehead atoms. The zero-order valence-electron chi connectivity index (χ0n) is 11.8. The number of nitrogens with zero attached hydrogens (tertiary/aromatic N) is 3. The molecule has 21 heavy (non-hydrogen) atoms. The molecule has 0 aliphatic rings. The van der Waals surface area contributed by atoms with Crippen molar-refractivity contribution in [2.45, 2.75) is 6.42 Å². The van der Waals surface area contributed by atoms with Crippen LogP contribution < -0.4 is 10.1 Å². The number of anilines is 1. The SMILES string of the molecule is COc1cccc(CCNc2nnc3ccccc3n2)c1. The smallest absolute Gasteiger partial charge is 0.243 e. The first-order valence-electron chi connectivity index (χ1n) is 6.81. The van der Waals surface area contributed by atoms with Gasteiger partial charge in [-0.25, -0.2) is 4.98 Å². The molecule has 3 rings (SSSR count). The van der Waals surface area contributed by atoms with Gasteiger partial charge in [0.05, 0.1) is 12.6 Å². The van der Waals surface area contributed by atoms with Crippen LogP contribution >= 0.6 is 0 Å². The average Bonchev–Trinajstić information content (AvgIpc) is 2.55. The molecular weight excluding hydrogens is 264 g/mol. The predicted molar refractivity (Wildman–Crippen MR) is 82.5 cm³/mol. The maximum Gasteiger partial charge on any atom is 0.243 e. The van der Waals surface area contributed by atoms with Gasteiger partial charge in [-0.2, -0.15) is 0 Å². The lowest BCUT2D eigenvalue weighted by molar-refractivity contribution is 0.414. The molecule has 0 aliphatic heterocycles. The minimum atomic E-state index is 0.552. The minimum Gasteiger partial charge on any atom is -0.497 e. The van der Waals surface area contributed by atoms with Gasteiger partial charge in [-0.1, -0.05) is 24.3 Å². The van der Waals surface area contributed by atoms with E-state index in [0.717, 1.165) is 29.7 Å². The Hall–Kier alpha value is -2.69. The summed E-state index contributed by atoms with van der Waals surface area (Å²) in [5.41, 5.74) is 2.85. The molecule has 0 unspecified atom stereocenters. The summed E-state index contributed by atoms with van der Waals surface area (Å²) < 4.78 is 5.21. The number of nitrogens with one attached hydrogen (secondary N) is 1. The summed E-state index contributed by atoms with van der Waals surface area (Å²) in [5, 5.41) is 11.4. The number of benzene rings is 2. The second kappa shape index (κ2) is 6.17. The molecule has 106 valence electrons. The number of methoxy groups -OCH3 is 1. The molecule has 1 N–H and O–H groups in total. The Morgan fingerprint density at radius 2 is 1.86 bits per heavy atom. The number of fused-ring (bicyclic) bond motifs is 1. The van der Waals surface area contributed by atoms with Gasteiger partial charge in [0, 0.05) is 6.54 Å². The molecule has 5 heteroatoms. The van der Waals surface area contributed by atoms with Crippen molar-refractivity contribution in [3.8, 4) is 5.75 Å². The van der Waals surface area contributed by atoms with Crippen molar-refractivity contribution in [3.05, 3.63) is 54.1 Å². The fourth-order valence-corrected chi connectivity index (χ4v) is 2.10. The van der Waals surface area contributed by atoms with E-state index in [9.17, 15) is 0 Å². The van der Waals surface area contributed by atoms with E-state index >= 15 is 0 Å². The lowest BCUT2D eigenvalue weighted by atomic mass is 10.1. The van der Waals surface area contributed by atoms with Crippen LogP contribution in [0.1, 0.15) is 5.56 Å². The molecule has 1 heterocycles. The Bertz CT molecular complexity index is 745. The molecule has 5 nitrogen and oxygen atoms in total. The summed E-state index contributed by atoms with van der Waals surface area (Å²) in [6, 6.07) is 15.7. The number of rotatable bonds is 5. The summed E-state index contributed by atoms with van der Waals surface area (Å²) >= 11 is 0. The van der Waals surface area contributed by atoms with E-state index in [1.165, 1.54) is 5.56 Å². The Balaban J connectivity index is 1.63. The van der Waals surface area contributed by atoms with Gasteiger partial charge in [0.1, 0.15) is 11.3 Å². The van der Waals surface area contributed by atoms with Gasteiger partial charge < -0.3 is 10.1 Å². The molecule has 0 amide bonds. The van der Waals surface area contributed by atoms with Gasteiger partial charge in [0.25, 0.3) is 0 Å². The second-order valence-corrected chi connectivity index (χ2v) is 4.65. The summed E-state index contributed by atoms with van der Waals surface area (Å²) in [5.74, 6) is 1.42. The molecule has 0 atom stereocenters. The van der Waals surface area contributed by atoms with Crippen LogP contribution in [0.5, 0.6) is 5.75 Å². The Morgan fingerprint density at radius 3 is 2.71 bits per heavy atom. The van der Waals surface area contributed by atoms with Gasteiger partial charge in [-0.15, -0.1) is 10.2 Å². The molecule has 0 radical (unpaired) electrons. The zero-order valence-corrected chi connectivity index (χ0v) is 11.8. The Kier molecular flexibility index (Phi) is 3.91. The summed E-state index contributed by atoms with van der Waals surface area (Å²) in [6.45, 7) is 0.743. The molecule has 2 aromatic carbocycles. The molecule has 0 saturated heterocycles. The number of aromatic nitrogens is 3. The largest absolute Gasteiger partial charge is 0.497 e. The van der Waals surface area contributed by atoms with Crippen LogP contribution in [0.3, 0.4) is 0 Å². The predicted octanol–water partition coefficient (Wildman–Crippen LogP) is 2.69. The van der Waals surface area contributed by atoms with Crippen molar-refractivity contribution in [1.82, 2.24) is 15.2 Å². The number of para-hydroxylation sites is 1. The fraction of sp³-hybridized carbons (Fsp3) is 0.188. The summed E-state index contributed by atoms with van der Waals surface area (Å²) in [4.78, 5) is 4.43. The number of hydrogen-bond donors (Lipinski definition) is 1. The van der Waals surface area contributed by atoms with E-state index < -0.39 is 0 Å². The van der Waals surface area contributed by atoms with E-state index in [1.807, 2.05) is 42.5 Å². The van der Waals surface area contributed by atoms with E-state index in [4.69, 9.17) is 4.74 Å². The maximum atomic E-state index is 5.21. The van der Waals surface area contributed by atoms with Crippen LogP contribution in [0.25, 0.3) is 11.0 Å². The van der Waals surface area contributed by atoms with E-state index in [1.54, 1.807) is 7.11 Å². The van der Waals surface area contributed by atoms with Crippen LogP contribution in [-0.2, 0) is 6.42 Å². The van der Waals surface area contributed by atoms with Crippen molar-refractivity contribution in [1.29, 1.82) is 0 Å². The van der Waals surface area contributed by atoms with Crippen molar-refractivity contribution >= 4 is 17.0 Å². The molecule has 1 aromatic heterocycles. The number of ether oxygens (including phenoxy) is 1. The quantitative estimate of drug-likeness (QED) is 0.778. The van der Waals surface area contributed by atoms with Crippen molar-refractivity contribution in [2.75, 3.05) is 19.0 Å². The standard InChI is InChI=1S/C16H16N4O/c1-21-13-6-4-5-12(11-13)9-10-17-16-18-14-7-2-3-8-15(14)19-20-16/h2-8,11H,9-10H2,1H3,(H,17,18,20). The van der Waals surface area contributed by atoms with Gasteiger partial charge in [0.2, 0.25) is 5.95 Å². The average molecular weight is 280 g/mol. The van der Waals surface area contributed by atoms with E-state index in [0.29, 0.717) is 5.95 Å². The van der Waals surface area contributed by atoms with Gasteiger partial charge in [0.15, 0.2) is 0 Å². The third-order valence-electron chi connectivity index (χ3n) is 3.19. The second-order valence-electron chi connectivity index (χ2n) is 4.65. The van der Waals surface area contributed by atoms with Crippen LogP contribution in [0.4, 0.5) is 5.95 Å². The highest BCUT2D eigenvalue weighted by molar-refractivity contribution is 5.73. The summed E-state index contributed by atoms with van der Waals surface area (Å²) in [7, 11) is 1.67. The van der Waals surface area contributed by atoms with Crippen molar-refractivity contribution in [2.24, 2.45) is 0 Å². The van der Waals surface area contributed by atoms with Crippen LogP contribution in [-0.4, -0.2) is 28.8 Å². The normalized spacial score (nSPS) is 10.5. The molecular formula is C16H16N4O. The Labute approximate surface area is 123 Å². The first kappa shape index (κ1) is 13.3. The van der Waals surface area contributed by atoms with Crippen LogP contribution in [0, 0.1) is 0 Å². The topological polar surface area (TPSA) is 59.9 Å². The third-order valence-corrected chi connectivity index (χ3v) is 3.19. The lowest BCUT2D eigenvalue weighted by Crippen LogP contribution is -2.08. The first-order valence-corrected chi connectivity index (χ1v) is 6.81. The van der Waals surface area contributed by atoms with Gasteiger partial charge in [-0.3, -0.25) is 0 Å². The van der Waals surface area contributed by atoms with Gasteiger partial charge in [-0.05, 0) is 36.2 Å². The molecule has 0 saturated carbocycles. The fourth-order valence-electron chi connectivity index (χ4n) is 2.10. The summed E-state index contributed by atoms with van der Waals surface area (Å²) in [6.07, 6.45) is 0.868. The maximum absolute atomic E-state index is 5.21. The highest BCUT2D eigenvalue weighted by atomic mass is 16.5. The highest BCUT2D eigenvalue weighted by Crippen LogP contribution is 2.13. The van der Waals surface area contributed by atoms with E-state index in [-0.39, 0.29) is 0 Å². The minimum absolute atomic E-state index is 0.552. The first-order chi connectivity index (χ1) is 10.3. The molecule has 0 aliphatic carbocycles. The Morgan fingerprint density at radius 1 is 1.00 bits per heavy atom. The van der Waals surface area contributed by atoms with Gasteiger partial charge >= 0.3 is 0 Å². The monoisotopic (exact) mass is 280 g/mol. The lowest BCUT2D eigenvalue weighted by Gasteiger charge is -2.06. The number of hydrogen-bond acceptors (Lipinski definition) is 5. The van der Waals surface area contributed by atoms with Crippen molar-refractivity contribution in [3.63, 3.8) is 0 Å². The molecule has 0 fully saturated rings. The van der Waals surface area contributed by atoms with E-state index in [2.05, 4.69) is 26.6 Å². The molecule has 0 spiro atoms. The highest BCUT2D eigenvalue weighted by Gasteiger charge is 2.01.